The molecule has 1 atom stereocenters. The highest BCUT2D eigenvalue weighted by Crippen LogP contribution is 2.32. The maximum absolute atomic E-state index is 12.3. The van der Waals surface area contributed by atoms with E-state index in [9.17, 15) is 4.21 Å². The van der Waals surface area contributed by atoms with Crippen molar-refractivity contribution >= 4 is 26.8 Å². The topological polar surface area (TPSA) is 89.0 Å². The van der Waals surface area contributed by atoms with E-state index in [-0.39, 0.29) is 0 Å². The summed E-state index contributed by atoms with van der Waals surface area (Å²) in [6.45, 7) is 0. The molecule has 2 aromatic rings. The number of H-pyrrole nitrogens is 1. The van der Waals surface area contributed by atoms with E-state index in [0.717, 1.165) is 42.5 Å². The second kappa shape index (κ2) is 6.68. The Morgan fingerprint density at radius 2 is 1.96 bits per heavy atom. The van der Waals surface area contributed by atoms with E-state index in [1.807, 2.05) is 12.3 Å². The van der Waals surface area contributed by atoms with Gasteiger partial charge in [-0.2, -0.15) is 0 Å². The first-order valence-corrected chi connectivity index (χ1v) is 10.0. The smallest absolute Gasteiger partial charge is 0.142 e. The summed E-state index contributed by atoms with van der Waals surface area (Å²) in [5.74, 6) is 1.81. The first kappa shape index (κ1) is 17.2. The minimum atomic E-state index is -2.61. The number of nitrogens with one attached hydrogen (secondary N) is 2. The number of hydrogen-bond acceptors (Lipinski definition) is 5. The van der Waals surface area contributed by atoms with Crippen molar-refractivity contribution in [3.05, 3.63) is 18.6 Å². The average Bonchev–Trinajstić information content (AvgIpc) is 3.03. The molecule has 1 fully saturated rings. The monoisotopic (exact) mass is 350 g/mol. The van der Waals surface area contributed by atoms with Gasteiger partial charge in [0.2, 0.25) is 0 Å². The molecule has 7 nitrogen and oxygen atoms in total. The SMILES string of the molecule is CN(c1ncnc2[nH]ccc12)C1CCC(CS(=N)(=O)N(C)C)CC1. The molecule has 1 aliphatic rings. The summed E-state index contributed by atoms with van der Waals surface area (Å²) in [7, 11) is 2.93. The van der Waals surface area contributed by atoms with Crippen LogP contribution in [0.15, 0.2) is 18.6 Å². The Morgan fingerprint density at radius 3 is 2.62 bits per heavy atom. The third kappa shape index (κ3) is 3.39. The van der Waals surface area contributed by atoms with Crippen molar-refractivity contribution in [3.8, 4) is 0 Å². The molecule has 2 heterocycles. The molecule has 0 aromatic carbocycles. The summed E-state index contributed by atoms with van der Waals surface area (Å²) < 4.78 is 21.8. The van der Waals surface area contributed by atoms with Gasteiger partial charge in [0.1, 0.15) is 27.7 Å². The maximum Gasteiger partial charge on any atom is 0.142 e. The summed E-state index contributed by atoms with van der Waals surface area (Å²) >= 11 is 0. The van der Waals surface area contributed by atoms with Crippen LogP contribution in [0.3, 0.4) is 0 Å². The molecule has 132 valence electrons. The van der Waals surface area contributed by atoms with E-state index in [0.29, 0.717) is 17.7 Å². The first-order chi connectivity index (χ1) is 11.4. The van der Waals surface area contributed by atoms with Gasteiger partial charge in [0.25, 0.3) is 0 Å². The molecule has 0 spiro atoms. The molecule has 0 aliphatic heterocycles. The van der Waals surface area contributed by atoms with Crippen LogP contribution < -0.4 is 4.90 Å². The number of aromatic amines is 1. The van der Waals surface area contributed by atoms with Crippen LogP contribution in [0.5, 0.6) is 0 Å². The van der Waals surface area contributed by atoms with Crippen molar-refractivity contribution in [3.63, 3.8) is 0 Å². The van der Waals surface area contributed by atoms with Gasteiger partial charge in [-0.3, -0.25) is 0 Å². The van der Waals surface area contributed by atoms with Crippen molar-refractivity contribution in [1.29, 1.82) is 4.78 Å². The highest BCUT2D eigenvalue weighted by atomic mass is 32.2. The van der Waals surface area contributed by atoms with Crippen molar-refractivity contribution in [2.24, 2.45) is 5.92 Å². The molecule has 24 heavy (non-hydrogen) atoms. The standard InChI is InChI=1S/C16H26N6OS/c1-21(2)24(17,23)10-12-4-6-13(7-5-12)22(3)16-14-8-9-18-15(14)19-11-20-16/h8-9,11-13,17H,4-7,10H2,1-3H3,(H,18,19,20). The normalized spacial score (nSPS) is 24.2. The van der Waals surface area contributed by atoms with Gasteiger partial charge in [0, 0.05) is 39.1 Å². The molecule has 3 rings (SSSR count). The molecule has 0 saturated heterocycles. The minimum Gasteiger partial charge on any atom is -0.356 e. The number of hydrogen-bond donors (Lipinski definition) is 2. The van der Waals surface area contributed by atoms with E-state index in [1.165, 1.54) is 0 Å². The van der Waals surface area contributed by atoms with Crippen molar-refractivity contribution in [2.45, 2.75) is 31.7 Å². The Bertz CT molecular complexity index is 792. The zero-order chi connectivity index (χ0) is 17.3. The molecule has 2 aromatic heterocycles. The summed E-state index contributed by atoms with van der Waals surface area (Å²) in [6.07, 6.45) is 7.60. The third-order valence-electron chi connectivity index (χ3n) is 5.08. The molecule has 0 amide bonds. The minimum absolute atomic E-state index is 0.375. The van der Waals surface area contributed by atoms with Gasteiger partial charge in [-0.25, -0.2) is 23.3 Å². The summed E-state index contributed by atoms with van der Waals surface area (Å²) in [5, 5.41) is 1.05. The fraction of sp³-hybridized carbons (Fsp3) is 0.625. The van der Waals surface area contributed by atoms with Crippen LogP contribution in [0, 0.1) is 10.7 Å². The Labute approximate surface area is 143 Å². The van der Waals surface area contributed by atoms with Crippen molar-refractivity contribution < 1.29 is 4.21 Å². The number of anilines is 1. The van der Waals surface area contributed by atoms with Gasteiger partial charge in [-0.1, -0.05) is 0 Å². The van der Waals surface area contributed by atoms with Crippen LogP contribution in [-0.4, -0.2) is 56.4 Å². The lowest BCUT2D eigenvalue weighted by atomic mass is 9.86. The quantitative estimate of drug-likeness (QED) is 0.867. The fourth-order valence-electron chi connectivity index (χ4n) is 3.48. The van der Waals surface area contributed by atoms with Crippen molar-refractivity contribution in [1.82, 2.24) is 19.3 Å². The lowest BCUT2D eigenvalue weighted by molar-refractivity contribution is 0.340. The van der Waals surface area contributed by atoms with E-state index >= 15 is 0 Å². The predicted octanol–water partition coefficient (Wildman–Crippen LogP) is 2.48. The molecular weight excluding hydrogens is 324 g/mol. The molecular formula is C16H26N6OS. The lowest BCUT2D eigenvalue weighted by Crippen LogP contribution is -2.38. The molecule has 0 radical (unpaired) electrons. The first-order valence-electron chi connectivity index (χ1n) is 8.33. The van der Waals surface area contributed by atoms with Crippen LogP contribution in [0.25, 0.3) is 11.0 Å². The highest BCUT2D eigenvalue weighted by Gasteiger charge is 2.28. The Hall–Kier alpha value is -1.67. The Kier molecular flexibility index (Phi) is 4.78. The van der Waals surface area contributed by atoms with E-state index in [4.69, 9.17) is 4.78 Å². The largest absolute Gasteiger partial charge is 0.356 e. The van der Waals surface area contributed by atoms with Gasteiger partial charge in [0.05, 0.1) is 5.39 Å². The number of fused-ring (bicyclic) bond motifs is 1. The third-order valence-corrected chi connectivity index (χ3v) is 7.19. The Balaban J connectivity index is 1.65. The zero-order valence-corrected chi connectivity index (χ0v) is 15.3. The molecule has 1 aliphatic carbocycles. The van der Waals surface area contributed by atoms with Gasteiger partial charge in [0.15, 0.2) is 0 Å². The Morgan fingerprint density at radius 1 is 1.25 bits per heavy atom. The van der Waals surface area contributed by atoms with Crippen LogP contribution in [-0.2, 0) is 9.92 Å². The molecule has 2 N–H and O–H groups in total. The van der Waals surface area contributed by atoms with Crippen LogP contribution >= 0.6 is 0 Å². The number of nitrogens with zero attached hydrogens (tertiary/aromatic N) is 4. The summed E-state index contributed by atoms with van der Waals surface area (Å²) in [6, 6.07) is 2.44. The maximum atomic E-state index is 12.3. The van der Waals surface area contributed by atoms with Gasteiger partial charge in [-0.15, -0.1) is 0 Å². The molecule has 1 unspecified atom stereocenters. The summed E-state index contributed by atoms with van der Waals surface area (Å²) in [5.41, 5.74) is 0.862. The van der Waals surface area contributed by atoms with Crippen LogP contribution in [0.4, 0.5) is 5.82 Å². The molecule has 8 heteroatoms. The summed E-state index contributed by atoms with van der Waals surface area (Å²) in [4.78, 5) is 14.1. The van der Waals surface area contributed by atoms with Gasteiger partial charge in [-0.05, 0) is 37.7 Å². The van der Waals surface area contributed by atoms with E-state index in [2.05, 4.69) is 26.9 Å². The lowest BCUT2D eigenvalue weighted by Gasteiger charge is -2.36. The van der Waals surface area contributed by atoms with Gasteiger partial charge < -0.3 is 9.88 Å². The van der Waals surface area contributed by atoms with Gasteiger partial charge >= 0.3 is 0 Å². The second-order valence-electron chi connectivity index (χ2n) is 6.84. The number of rotatable bonds is 5. The fourth-order valence-corrected chi connectivity index (χ4v) is 4.75. The molecule has 1 saturated carbocycles. The highest BCUT2D eigenvalue weighted by molar-refractivity contribution is 7.90. The van der Waals surface area contributed by atoms with Crippen molar-refractivity contribution in [2.75, 3.05) is 31.8 Å². The zero-order valence-electron chi connectivity index (χ0n) is 14.5. The van der Waals surface area contributed by atoms with Crippen LogP contribution in [0.1, 0.15) is 25.7 Å². The average molecular weight is 350 g/mol. The molecule has 0 bridgehead atoms. The van der Waals surface area contributed by atoms with Crippen LogP contribution in [0.2, 0.25) is 0 Å². The van der Waals surface area contributed by atoms with E-state index < -0.39 is 9.92 Å². The second-order valence-corrected chi connectivity index (χ2v) is 9.19. The van der Waals surface area contributed by atoms with E-state index in [1.54, 1.807) is 24.7 Å². The predicted molar refractivity (Wildman–Crippen MR) is 97.5 cm³/mol. The number of aromatic nitrogens is 3.